The zero-order valence-electron chi connectivity index (χ0n) is 15.8. The minimum absolute atomic E-state index is 0.313. The van der Waals surface area contributed by atoms with E-state index in [0.29, 0.717) is 14.9 Å². The van der Waals surface area contributed by atoms with E-state index < -0.39 is 10.0 Å². The van der Waals surface area contributed by atoms with Crippen molar-refractivity contribution in [3.05, 3.63) is 77.3 Å². The van der Waals surface area contributed by atoms with Gasteiger partial charge in [-0.1, -0.05) is 29.8 Å². The Hall–Kier alpha value is -2.87. The lowest BCUT2D eigenvalue weighted by Gasteiger charge is -2.18. The monoisotopic (exact) mass is 453 g/mol. The predicted molar refractivity (Wildman–Crippen MR) is 124 cm³/mol. The highest BCUT2D eigenvalue weighted by Crippen LogP contribution is 2.36. The predicted octanol–water partition coefficient (Wildman–Crippen LogP) is 5.92. The molecule has 0 radical (unpaired) electrons. The number of sulfonamides is 1. The number of nitrogens with zero attached hydrogens (tertiary/aromatic N) is 2. The molecule has 30 heavy (non-hydrogen) atoms. The van der Waals surface area contributed by atoms with Gasteiger partial charge in [-0.2, -0.15) is 0 Å². The number of benzene rings is 2. The molecule has 8 heteroatoms. The van der Waals surface area contributed by atoms with Crippen LogP contribution in [-0.4, -0.2) is 25.4 Å². The van der Waals surface area contributed by atoms with E-state index in [1.165, 1.54) is 15.6 Å². The van der Waals surface area contributed by atoms with Crippen LogP contribution in [0.3, 0.4) is 0 Å². The largest absolute Gasteiger partial charge is 0.339 e. The molecule has 0 aliphatic rings. The molecule has 3 aromatic heterocycles. The highest BCUT2D eigenvalue weighted by atomic mass is 35.5. The van der Waals surface area contributed by atoms with E-state index in [-0.39, 0.29) is 0 Å². The maximum atomic E-state index is 13.0. The van der Waals surface area contributed by atoms with Gasteiger partial charge in [0, 0.05) is 34.6 Å². The van der Waals surface area contributed by atoms with Crippen molar-refractivity contribution in [2.45, 2.75) is 4.21 Å². The summed E-state index contributed by atoms with van der Waals surface area (Å²) in [5.41, 5.74) is 4.24. The first kappa shape index (κ1) is 19.1. The lowest BCUT2D eigenvalue weighted by molar-refractivity contribution is 0.596. The van der Waals surface area contributed by atoms with Gasteiger partial charge in [0.25, 0.3) is 10.0 Å². The topological polar surface area (TPSA) is 66.1 Å². The maximum absolute atomic E-state index is 13.0. The summed E-state index contributed by atoms with van der Waals surface area (Å²) in [4.78, 5) is 7.80. The number of thiophene rings is 1. The fourth-order valence-electron chi connectivity index (χ4n) is 3.55. The number of pyridine rings is 1. The van der Waals surface area contributed by atoms with Crippen LogP contribution in [0, 0.1) is 0 Å². The molecule has 0 unspecified atom stereocenters. The number of fused-ring (bicyclic) bond motifs is 3. The van der Waals surface area contributed by atoms with E-state index in [9.17, 15) is 8.42 Å². The highest BCUT2D eigenvalue weighted by Gasteiger charge is 2.23. The zero-order chi connectivity index (χ0) is 20.9. The number of aromatic amines is 1. The molecule has 2 aromatic carbocycles. The van der Waals surface area contributed by atoms with Crippen LogP contribution in [0.25, 0.3) is 33.1 Å². The highest BCUT2D eigenvalue weighted by molar-refractivity contribution is 7.94. The number of aromatic nitrogens is 2. The number of H-pyrrole nitrogens is 1. The minimum atomic E-state index is -3.61. The van der Waals surface area contributed by atoms with Crippen LogP contribution in [0.2, 0.25) is 5.02 Å². The summed E-state index contributed by atoms with van der Waals surface area (Å²) in [7, 11) is -2.04. The first-order valence-electron chi connectivity index (χ1n) is 9.14. The molecule has 0 saturated carbocycles. The molecular weight excluding hydrogens is 438 g/mol. The molecule has 5 aromatic rings. The Kier molecular flexibility index (Phi) is 4.54. The van der Waals surface area contributed by atoms with Crippen molar-refractivity contribution in [1.82, 2.24) is 9.97 Å². The molecule has 0 amide bonds. The first-order valence-corrected chi connectivity index (χ1v) is 11.8. The molecule has 0 spiro atoms. The molecule has 1 N–H and O–H groups in total. The van der Waals surface area contributed by atoms with Gasteiger partial charge in [-0.15, -0.1) is 11.3 Å². The Morgan fingerprint density at radius 1 is 1.07 bits per heavy atom. The van der Waals surface area contributed by atoms with Crippen molar-refractivity contribution in [1.29, 1.82) is 0 Å². The maximum Gasteiger partial charge on any atom is 0.273 e. The Balaban J connectivity index is 1.71. The minimum Gasteiger partial charge on any atom is -0.339 e. The van der Waals surface area contributed by atoms with Crippen LogP contribution >= 0.6 is 22.9 Å². The van der Waals surface area contributed by atoms with Gasteiger partial charge in [0.2, 0.25) is 0 Å². The summed E-state index contributed by atoms with van der Waals surface area (Å²) >= 11 is 7.26. The van der Waals surface area contributed by atoms with Crippen LogP contribution in [0.1, 0.15) is 0 Å². The van der Waals surface area contributed by atoms with Crippen molar-refractivity contribution >= 4 is 60.6 Å². The number of rotatable bonds is 4. The van der Waals surface area contributed by atoms with Gasteiger partial charge < -0.3 is 4.98 Å². The summed E-state index contributed by atoms with van der Waals surface area (Å²) in [6.07, 6.45) is 1.76. The summed E-state index contributed by atoms with van der Waals surface area (Å²) < 4.78 is 27.5. The van der Waals surface area contributed by atoms with Gasteiger partial charge in [0.05, 0.1) is 5.69 Å². The zero-order valence-corrected chi connectivity index (χ0v) is 18.2. The van der Waals surface area contributed by atoms with Crippen LogP contribution < -0.4 is 4.31 Å². The smallest absolute Gasteiger partial charge is 0.273 e. The molecule has 5 nitrogen and oxygen atoms in total. The molecule has 3 heterocycles. The van der Waals surface area contributed by atoms with Gasteiger partial charge in [-0.05, 0) is 59.0 Å². The van der Waals surface area contributed by atoms with E-state index in [2.05, 4.69) is 9.97 Å². The number of halogens is 1. The van der Waals surface area contributed by atoms with Crippen molar-refractivity contribution < 1.29 is 8.42 Å². The third-order valence-electron chi connectivity index (χ3n) is 5.11. The molecule has 150 valence electrons. The summed E-state index contributed by atoms with van der Waals surface area (Å²) in [6, 6.07) is 18.5. The summed E-state index contributed by atoms with van der Waals surface area (Å²) in [5, 5.41) is 4.28. The molecule has 0 aliphatic carbocycles. The third-order valence-corrected chi connectivity index (χ3v) is 8.52. The van der Waals surface area contributed by atoms with Crippen molar-refractivity contribution in [3.63, 3.8) is 0 Å². The average molecular weight is 454 g/mol. The molecule has 0 fully saturated rings. The van der Waals surface area contributed by atoms with E-state index in [4.69, 9.17) is 11.6 Å². The van der Waals surface area contributed by atoms with Gasteiger partial charge in [-0.25, -0.2) is 13.4 Å². The van der Waals surface area contributed by atoms with Crippen LogP contribution in [-0.2, 0) is 10.0 Å². The number of hydrogen-bond donors (Lipinski definition) is 1. The number of hydrogen-bond acceptors (Lipinski definition) is 4. The van der Waals surface area contributed by atoms with Crippen LogP contribution in [0.4, 0.5) is 5.69 Å². The standard InChI is InChI=1S/C22H16ClN3O2S2/c1-26(30(27,28)20-3-2-12-29-20)16-8-9-19-18(13-16)21-17(10-11-24-22(21)25-19)14-4-6-15(23)7-5-14/h2-13H,1H3,(H,24,25). The first-order chi connectivity index (χ1) is 14.4. The van der Waals surface area contributed by atoms with Crippen molar-refractivity contribution in [3.8, 4) is 11.1 Å². The SMILES string of the molecule is CN(c1ccc2[nH]c3nccc(-c4ccc(Cl)cc4)c3c2c1)S(=O)(=O)c1cccs1. The van der Waals surface area contributed by atoms with E-state index in [0.717, 1.165) is 33.1 Å². The van der Waals surface area contributed by atoms with Crippen LogP contribution in [0.15, 0.2) is 76.4 Å². The van der Waals surface area contributed by atoms with E-state index in [1.807, 2.05) is 42.5 Å². The molecular formula is C22H16ClN3O2S2. The fraction of sp³-hybridized carbons (Fsp3) is 0.0455. The Morgan fingerprint density at radius 3 is 2.60 bits per heavy atom. The lowest BCUT2D eigenvalue weighted by atomic mass is 10.0. The molecule has 5 rings (SSSR count). The quantitative estimate of drug-likeness (QED) is 0.367. The second kappa shape index (κ2) is 7.12. The van der Waals surface area contributed by atoms with Gasteiger partial charge in [0.1, 0.15) is 9.86 Å². The van der Waals surface area contributed by atoms with Gasteiger partial charge in [0.15, 0.2) is 0 Å². The van der Waals surface area contributed by atoms with Crippen LogP contribution in [0.5, 0.6) is 0 Å². The third kappa shape index (κ3) is 3.06. The molecule has 0 saturated heterocycles. The Bertz CT molecular complexity index is 1470. The summed E-state index contributed by atoms with van der Waals surface area (Å²) in [6.45, 7) is 0. The van der Waals surface area contributed by atoms with Crippen molar-refractivity contribution in [2.75, 3.05) is 11.4 Å². The van der Waals surface area contributed by atoms with E-state index in [1.54, 1.807) is 36.8 Å². The van der Waals surface area contributed by atoms with Gasteiger partial charge in [-0.3, -0.25) is 4.31 Å². The van der Waals surface area contributed by atoms with Crippen molar-refractivity contribution in [2.24, 2.45) is 0 Å². The molecule has 0 atom stereocenters. The Morgan fingerprint density at radius 2 is 1.87 bits per heavy atom. The number of anilines is 1. The second-order valence-electron chi connectivity index (χ2n) is 6.85. The van der Waals surface area contributed by atoms with E-state index >= 15 is 0 Å². The average Bonchev–Trinajstić information content (AvgIpc) is 3.41. The molecule has 0 bridgehead atoms. The fourth-order valence-corrected chi connectivity index (χ4v) is 6.03. The number of nitrogens with one attached hydrogen (secondary N) is 1. The molecule has 0 aliphatic heterocycles. The summed E-state index contributed by atoms with van der Waals surface area (Å²) in [5.74, 6) is 0. The second-order valence-corrected chi connectivity index (χ2v) is 10.4. The Labute approximate surface area is 182 Å². The normalized spacial score (nSPS) is 11.9. The van der Waals surface area contributed by atoms with Gasteiger partial charge >= 0.3 is 0 Å². The lowest BCUT2D eigenvalue weighted by Crippen LogP contribution is -2.25.